The Bertz CT molecular complexity index is 1050. The van der Waals surface area contributed by atoms with Gasteiger partial charge in [-0.05, 0) is 36.4 Å². The zero-order valence-electron chi connectivity index (χ0n) is 18.5. The number of nitrogens with two attached hydrogens (primary N) is 1. The first-order valence-electron chi connectivity index (χ1n) is 10.2. The largest absolute Gasteiger partial charge is 0.494 e. The van der Waals surface area contributed by atoms with Crippen molar-refractivity contribution in [3.63, 3.8) is 0 Å². The molecule has 0 radical (unpaired) electrons. The first-order chi connectivity index (χ1) is 15.3. The zero-order chi connectivity index (χ0) is 22.6. The number of thiazole rings is 1. The minimum atomic E-state index is 0.270. The molecule has 0 fully saturated rings. The summed E-state index contributed by atoms with van der Waals surface area (Å²) in [5, 5.41) is 11.8. The molecule has 4 aromatic rings. The smallest absolute Gasteiger partial charge is 0.322 e. The highest BCUT2D eigenvalue weighted by Gasteiger charge is 2.13. The quantitative estimate of drug-likeness (QED) is 0.386. The lowest BCUT2D eigenvalue weighted by Crippen LogP contribution is -2.10. The van der Waals surface area contributed by atoms with Crippen LogP contribution in [0, 0.1) is 0 Å². The van der Waals surface area contributed by atoms with Crippen molar-refractivity contribution in [1.29, 1.82) is 0 Å². The van der Waals surface area contributed by atoms with Crippen molar-refractivity contribution in [2.75, 3.05) is 25.6 Å². The molecule has 0 aliphatic rings. The van der Waals surface area contributed by atoms with E-state index in [0.717, 1.165) is 27.3 Å². The van der Waals surface area contributed by atoms with Crippen molar-refractivity contribution >= 4 is 32.7 Å². The molecule has 0 saturated carbocycles. The number of para-hydroxylation sites is 1. The standard InChI is InChI=1S/C18H17N5O3S.2C2H6/c1-24-13-3-2-4-14-15(13)20-18(27-14)21-17-23-22-16(26-17)11-5-7-12(8-6-11)25-10-9-19;2*1-2/h2-8H,9-10,19H2,1H3,(H,20,21,23);2*1-2H3. The Morgan fingerprint density at radius 1 is 1.03 bits per heavy atom. The van der Waals surface area contributed by atoms with E-state index in [-0.39, 0.29) is 6.01 Å². The van der Waals surface area contributed by atoms with Gasteiger partial charge in [-0.1, -0.05) is 50.2 Å². The molecule has 0 atom stereocenters. The minimum Gasteiger partial charge on any atom is -0.494 e. The van der Waals surface area contributed by atoms with E-state index in [2.05, 4.69) is 20.5 Å². The van der Waals surface area contributed by atoms with Crippen LogP contribution in [0.5, 0.6) is 11.5 Å². The fraction of sp³-hybridized carbons (Fsp3) is 0.318. The van der Waals surface area contributed by atoms with Gasteiger partial charge in [0.1, 0.15) is 23.6 Å². The molecule has 0 spiro atoms. The Morgan fingerprint density at radius 2 is 1.77 bits per heavy atom. The van der Waals surface area contributed by atoms with Gasteiger partial charge in [-0.2, -0.15) is 0 Å². The van der Waals surface area contributed by atoms with Gasteiger partial charge in [0.05, 0.1) is 11.8 Å². The number of nitrogens with zero attached hydrogens (tertiary/aromatic N) is 3. The fourth-order valence-electron chi connectivity index (χ4n) is 2.49. The average Bonchev–Trinajstić information content (AvgIpc) is 3.47. The van der Waals surface area contributed by atoms with Crippen molar-refractivity contribution in [2.45, 2.75) is 27.7 Å². The average molecular weight is 444 g/mol. The Hall–Kier alpha value is -3.17. The van der Waals surface area contributed by atoms with Crippen LogP contribution in [0.25, 0.3) is 21.7 Å². The molecule has 3 N–H and O–H groups in total. The monoisotopic (exact) mass is 443 g/mol. The third kappa shape index (κ3) is 6.16. The van der Waals surface area contributed by atoms with Crippen LogP contribution in [0.1, 0.15) is 27.7 Å². The third-order valence-electron chi connectivity index (χ3n) is 3.73. The highest BCUT2D eigenvalue weighted by Crippen LogP contribution is 2.33. The lowest BCUT2D eigenvalue weighted by Gasteiger charge is -2.03. The van der Waals surface area contributed by atoms with Gasteiger partial charge in [-0.3, -0.25) is 5.32 Å². The predicted octanol–water partition coefficient (Wildman–Crippen LogP) is 5.49. The molecule has 0 unspecified atom stereocenters. The van der Waals surface area contributed by atoms with Crippen LogP contribution in [-0.2, 0) is 0 Å². The van der Waals surface area contributed by atoms with Crippen molar-refractivity contribution in [2.24, 2.45) is 5.73 Å². The second kappa shape index (κ2) is 12.5. The molecule has 8 nitrogen and oxygen atoms in total. The summed E-state index contributed by atoms with van der Waals surface area (Å²) >= 11 is 1.48. The number of ether oxygens (including phenoxy) is 2. The molecular weight excluding hydrogens is 414 g/mol. The van der Waals surface area contributed by atoms with Crippen molar-refractivity contribution < 1.29 is 13.9 Å². The van der Waals surface area contributed by atoms with E-state index in [1.807, 2.05) is 70.2 Å². The van der Waals surface area contributed by atoms with Crippen LogP contribution in [0.4, 0.5) is 11.1 Å². The minimum absolute atomic E-state index is 0.270. The van der Waals surface area contributed by atoms with Gasteiger partial charge >= 0.3 is 6.01 Å². The number of hydrogen-bond donors (Lipinski definition) is 2. The van der Waals surface area contributed by atoms with Crippen molar-refractivity contribution in [3.05, 3.63) is 42.5 Å². The molecule has 0 saturated heterocycles. The molecule has 166 valence electrons. The number of anilines is 2. The SMILES string of the molecule is CC.CC.COc1cccc2sc(Nc3nnc(-c4ccc(OCCN)cc4)o3)nc12. The maximum Gasteiger partial charge on any atom is 0.322 e. The zero-order valence-corrected chi connectivity index (χ0v) is 19.3. The van der Waals surface area contributed by atoms with Crippen LogP contribution >= 0.6 is 11.3 Å². The van der Waals surface area contributed by atoms with E-state index in [1.165, 1.54) is 11.3 Å². The number of aromatic nitrogens is 3. The summed E-state index contributed by atoms with van der Waals surface area (Å²) in [6, 6.07) is 13.4. The summed E-state index contributed by atoms with van der Waals surface area (Å²) in [4.78, 5) is 4.53. The molecule has 0 aliphatic heterocycles. The van der Waals surface area contributed by atoms with Crippen LogP contribution < -0.4 is 20.5 Å². The molecule has 0 bridgehead atoms. The normalized spacial score (nSPS) is 9.87. The Morgan fingerprint density at radius 3 is 2.45 bits per heavy atom. The third-order valence-corrected chi connectivity index (χ3v) is 4.66. The van der Waals surface area contributed by atoms with Gasteiger partial charge in [0.25, 0.3) is 0 Å². The topological polar surface area (TPSA) is 108 Å². The van der Waals surface area contributed by atoms with Gasteiger partial charge in [0, 0.05) is 12.1 Å². The lowest BCUT2D eigenvalue weighted by molar-refractivity contribution is 0.328. The Labute approximate surface area is 186 Å². The van der Waals surface area contributed by atoms with Crippen molar-refractivity contribution in [1.82, 2.24) is 15.2 Å². The summed E-state index contributed by atoms with van der Waals surface area (Å²) in [6.07, 6.45) is 0. The number of nitrogens with one attached hydrogen (secondary N) is 1. The summed E-state index contributed by atoms with van der Waals surface area (Å²) in [7, 11) is 1.62. The summed E-state index contributed by atoms with van der Waals surface area (Å²) in [5.41, 5.74) is 7.01. The van der Waals surface area contributed by atoms with E-state index < -0.39 is 0 Å². The summed E-state index contributed by atoms with van der Waals surface area (Å²) in [5.74, 6) is 1.87. The molecule has 9 heteroatoms. The highest BCUT2D eigenvalue weighted by atomic mass is 32.1. The molecule has 2 heterocycles. The molecule has 31 heavy (non-hydrogen) atoms. The number of hydrogen-bond acceptors (Lipinski definition) is 9. The molecule has 2 aromatic heterocycles. The van der Waals surface area contributed by atoms with Gasteiger partial charge in [0.2, 0.25) is 5.89 Å². The molecule has 0 amide bonds. The number of benzene rings is 2. The van der Waals surface area contributed by atoms with Gasteiger partial charge in [0.15, 0.2) is 5.13 Å². The van der Waals surface area contributed by atoms with Gasteiger partial charge in [-0.25, -0.2) is 4.98 Å². The predicted molar refractivity (Wildman–Crippen MR) is 126 cm³/mol. The second-order valence-electron chi connectivity index (χ2n) is 5.52. The molecule has 0 aliphatic carbocycles. The highest BCUT2D eigenvalue weighted by molar-refractivity contribution is 7.22. The molecule has 4 rings (SSSR count). The lowest BCUT2D eigenvalue weighted by atomic mass is 10.2. The van der Waals surface area contributed by atoms with E-state index in [4.69, 9.17) is 19.6 Å². The van der Waals surface area contributed by atoms with E-state index in [1.54, 1.807) is 7.11 Å². The van der Waals surface area contributed by atoms with Gasteiger partial charge in [-0.15, -0.1) is 5.10 Å². The Kier molecular flexibility index (Phi) is 9.73. The maximum atomic E-state index is 5.69. The fourth-order valence-corrected chi connectivity index (χ4v) is 3.37. The maximum absolute atomic E-state index is 5.69. The second-order valence-corrected chi connectivity index (χ2v) is 6.56. The summed E-state index contributed by atoms with van der Waals surface area (Å²) in [6.45, 7) is 8.94. The number of methoxy groups -OCH3 is 1. The first-order valence-corrected chi connectivity index (χ1v) is 11.1. The van der Waals surface area contributed by atoms with Gasteiger partial charge < -0.3 is 19.6 Å². The molecule has 2 aromatic carbocycles. The van der Waals surface area contributed by atoms with Crippen LogP contribution in [0.3, 0.4) is 0 Å². The van der Waals surface area contributed by atoms with Crippen LogP contribution in [-0.4, -0.2) is 35.4 Å². The Balaban J connectivity index is 0.000000807. The van der Waals surface area contributed by atoms with Crippen molar-refractivity contribution in [3.8, 4) is 23.0 Å². The van der Waals surface area contributed by atoms with Crippen LogP contribution in [0.2, 0.25) is 0 Å². The molecular formula is C22H29N5O3S. The number of rotatable bonds is 7. The summed E-state index contributed by atoms with van der Waals surface area (Å²) < 4.78 is 17.5. The van der Waals surface area contributed by atoms with Crippen LogP contribution in [0.15, 0.2) is 46.9 Å². The van der Waals surface area contributed by atoms with E-state index in [0.29, 0.717) is 24.2 Å². The van der Waals surface area contributed by atoms with E-state index >= 15 is 0 Å². The first kappa shape index (κ1) is 24.1. The number of fused-ring (bicyclic) bond motifs is 1. The van der Waals surface area contributed by atoms with E-state index in [9.17, 15) is 0 Å².